The fourth-order valence-electron chi connectivity index (χ4n) is 13.4. The Kier molecular flexibility index (Phi) is 74.3. The average Bonchev–Trinajstić information content (AvgIpc) is 0.901. The van der Waals surface area contributed by atoms with Crippen LogP contribution in [-0.4, -0.2) is 96.7 Å². The van der Waals surface area contributed by atoms with Gasteiger partial charge in [0, 0.05) is 25.7 Å². The summed E-state index contributed by atoms with van der Waals surface area (Å²) in [4.78, 5) is 73.1. The van der Waals surface area contributed by atoms with Crippen molar-refractivity contribution in [1.29, 1.82) is 0 Å². The Morgan fingerprint density at radius 2 is 0.453 bits per heavy atom. The van der Waals surface area contributed by atoms with Crippen molar-refractivity contribution in [2.24, 2.45) is 23.7 Å². The third kappa shape index (κ3) is 77.4. The number of hydrogen-bond donors (Lipinski definition) is 3. The SMILES string of the molecule is CCC(C)CCCCCCCCCCCCCCCCCCCCC(=O)OC[C@H](COP(=O)(O)OC[C@@H](O)COP(=O)(O)OC[C@@H](COC(=O)CCCCCCCCC(C)C)OC(=O)CCCCCCCCCCCCC(C)C)OC(=O)CCCCCCCCCCCCCCCCCCCCC(C)CC. The first-order valence-electron chi connectivity index (χ1n) is 44.8. The number of phosphoric ester groups is 2. The number of aliphatic hydroxyl groups excluding tert-OH is 1. The molecule has 0 aromatic rings. The smallest absolute Gasteiger partial charge is 0.462 e. The highest BCUT2D eigenvalue weighted by molar-refractivity contribution is 7.47. The first-order valence-corrected chi connectivity index (χ1v) is 47.8. The average molecular weight is 1550 g/mol. The van der Waals surface area contributed by atoms with E-state index in [-0.39, 0.29) is 25.7 Å². The largest absolute Gasteiger partial charge is 0.472 e. The number of ether oxygens (including phenoxy) is 4. The summed E-state index contributed by atoms with van der Waals surface area (Å²) in [5, 5.41) is 10.7. The number of phosphoric acid groups is 2. The molecule has 0 heterocycles. The Balaban J connectivity index is 5.19. The van der Waals surface area contributed by atoms with Crippen molar-refractivity contribution >= 4 is 39.5 Å². The molecule has 0 aliphatic heterocycles. The molecule has 19 heteroatoms. The molecule has 0 radical (unpaired) electrons. The van der Waals surface area contributed by atoms with Gasteiger partial charge in [-0.1, -0.05) is 402 Å². The van der Waals surface area contributed by atoms with E-state index in [1.54, 1.807) is 0 Å². The standard InChI is InChI=1S/C87H170O17P2/c1-9-79(7)65-57-49-40-34-27-23-19-15-11-13-17-21-25-29-36-42-51-59-67-84(89)97-73-82(103-86(91)69-61-53-43-37-30-26-22-18-14-12-16-20-24-28-35-41-50-58-66-80(8)10-2)75-101-105(93,94)99-71-81(88)72-100-106(95,96)102-76-83(74-98-85(90)68-60-52-46-45-48-56-64-78(5)6)104-87(92)70-62-54-44-38-32-31-33-39-47-55-63-77(3)4/h77-83,88H,9-76H2,1-8H3,(H,93,94)(H,95,96)/t79?,80?,81-,82-,83-/m1/s1. The number of aliphatic hydroxyl groups is 1. The second-order valence-electron chi connectivity index (χ2n) is 32.7. The summed E-state index contributed by atoms with van der Waals surface area (Å²) in [6, 6.07) is 0. The number of carbonyl (C=O) groups excluding carboxylic acids is 4. The molecule has 4 unspecified atom stereocenters. The van der Waals surface area contributed by atoms with Crippen LogP contribution in [0.25, 0.3) is 0 Å². The normalized spacial score (nSPS) is 14.4. The van der Waals surface area contributed by atoms with Crippen LogP contribution in [0.3, 0.4) is 0 Å². The fraction of sp³-hybridized carbons (Fsp3) is 0.954. The molecule has 106 heavy (non-hydrogen) atoms. The van der Waals surface area contributed by atoms with E-state index in [4.69, 9.17) is 37.0 Å². The number of rotatable bonds is 84. The molecule has 0 aliphatic rings. The second-order valence-corrected chi connectivity index (χ2v) is 35.6. The van der Waals surface area contributed by atoms with Crippen LogP contribution in [0.5, 0.6) is 0 Å². The van der Waals surface area contributed by atoms with Crippen molar-refractivity contribution in [2.75, 3.05) is 39.6 Å². The molecule has 0 fully saturated rings. The molecule has 3 N–H and O–H groups in total. The zero-order valence-corrected chi connectivity index (χ0v) is 71.9. The maximum Gasteiger partial charge on any atom is 0.472 e. The Hall–Kier alpha value is -1.94. The monoisotopic (exact) mass is 1550 g/mol. The van der Waals surface area contributed by atoms with E-state index in [2.05, 4.69) is 55.4 Å². The number of esters is 4. The molecule has 7 atom stereocenters. The van der Waals surface area contributed by atoms with Crippen molar-refractivity contribution < 1.29 is 80.2 Å². The van der Waals surface area contributed by atoms with Crippen LogP contribution in [0.2, 0.25) is 0 Å². The first kappa shape index (κ1) is 104. The van der Waals surface area contributed by atoms with Crippen molar-refractivity contribution in [2.45, 2.75) is 472 Å². The lowest BCUT2D eigenvalue weighted by atomic mass is 9.99. The van der Waals surface area contributed by atoms with Gasteiger partial charge in [0.05, 0.1) is 26.4 Å². The van der Waals surface area contributed by atoms with E-state index in [0.29, 0.717) is 31.6 Å². The van der Waals surface area contributed by atoms with Gasteiger partial charge in [0.25, 0.3) is 0 Å². The van der Waals surface area contributed by atoms with Crippen LogP contribution >= 0.6 is 15.6 Å². The van der Waals surface area contributed by atoms with E-state index in [9.17, 15) is 43.2 Å². The molecule has 0 amide bonds. The maximum atomic E-state index is 13.2. The van der Waals surface area contributed by atoms with Gasteiger partial charge < -0.3 is 33.8 Å². The lowest BCUT2D eigenvalue weighted by Gasteiger charge is -2.21. The third-order valence-electron chi connectivity index (χ3n) is 21.0. The summed E-state index contributed by atoms with van der Waals surface area (Å²) in [7, 11) is -9.93. The van der Waals surface area contributed by atoms with Crippen LogP contribution < -0.4 is 0 Å². The molecule has 0 aliphatic carbocycles. The van der Waals surface area contributed by atoms with Crippen LogP contribution in [0.15, 0.2) is 0 Å². The molecule has 630 valence electrons. The van der Waals surface area contributed by atoms with Gasteiger partial charge in [-0.15, -0.1) is 0 Å². The van der Waals surface area contributed by atoms with Crippen LogP contribution in [-0.2, 0) is 65.4 Å². The topological polar surface area (TPSA) is 237 Å². The van der Waals surface area contributed by atoms with Gasteiger partial charge in [0.1, 0.15) is 19.3 Å². The van der Waals surface area contributed by atoms with Gasteiger partial charge in [0.15, 0.2) is 12.2 Å². The Bertz CT molecular complexity index is 2060. The summed E-state index contributed by atoms with van der Waals surface area (Å²) in [5.74, 6) is 1.07. The summed E-state index contributed by atoms with van der Waals surface area (Å²) < 4.78 is 68.8. The lowest BCUT2D eigenvalue weighted by molar-refractivity contribution is -0.161. The third-order valence-corrected chi connectivity index (χ3v) is 22.9. The lowest BCUT2D eigenvalue weighted by Crippen LogP contribution is -2.30. The highest BCUT2D eigenvalue weighted by atomic mass is 31.2. The molecule has 0 bridgehead atoms. The summed E-state index contributed by atoms with van der Waals surface area (Å²) in [5.41, 5.74) is 0. The molecular formula is C87H170O17P2. The fourth-order valence-corrected chi connectivity index (χ4v) is 15.0. The number of unbranched alkanes of at least 4 members (excludes halogenated alkanes) is 48. The molecule has 0 aromatic carbocycles. The maximum absolute atomic E-state index is 13.2. The molecule has 0 rings (SSSR count). The molecule has 0 saturated carbocycles. The molecular weight excluding hydrogens is 1380 g/mol. The Morgan fingerprint density at radius 1 is 0.264 bits per heavy atom. The van der Waals surface area contributed by atoms with Gasteiger partial charge >= 0.3 is 39.5 Å². The molecule has 0 saturated heterocycles. The van der Waals surface area contributed by atoms with Gasteiger partial charge in [0.2, 0.25) is 0 Å². The minimum absolute atomic E-state index is 0.105. The van der Waals surface area contributed by atoms with E-state index in [1.807, 2.05) is 0 Å². The summed E-state index contributed by atoms with van der Waals surface area (Å²) in [6.45, 7) is 14.3. The predicted octanol–water partition coefficient (Wildman–Crippen LogP) is 26.3. The van der Waals surface area contributed by atoms with Gasteiger partial charge in [-0.2, -0.15) is 0 Å². The summed E-state index contributed by atoms with van der Waals surface area (Å²) >= 11 is 0. The van der Waals surface area contributed by atoms with Crippen molar-refractivity contribution in [1.82, 2.24) is 0 Å². The number of carbonyl (C=O) groups is 4. The zero-order valence-electron chi connectivity index (χ0n) is 70.1. The van der Waals surface area contributed by atoms with Crippen molar-refractivity contribution in [3.63, 3.8) is 0 Å². The highest BCUT2D eigenvalue weighted by Gasteiger charge is 2.31. The van der Waals surface area contributed by atoms with Gasteiger partial charge in [-0.05, 0) is 49.4 Å². The van der Waals surface area contributed by atoms with Crippen molar-refractivity contribution in [3.05, 3.63) is 0 Å². The molecule has 17 nitrogen and oxygen atoms in total. The number of hydrogen-bond acceptors (Lipinski definition) is 15. The quantitative estimate of drug-likeness (QED) is 0.0222. The van der Waals surface area contributed by atoms with Gasteiger partial charge in [-0.3, -0.25) is 37.3 Å². The Labute approximate surface area is 651 Å². The van der Waals surface area contributed by atoms with Gasteiger partial charge in [-0.25, -0.2) is 9.13 Å². The second kappa shape index (κ2) is 75.7. The molecule has 0 aromatic heterocycles. The van der Waals surface area contributed by atoms with Crippen LogP contribution in [0.4, 0.5) is 0 Å². The Morgan fingerprint density at radius 3 is 0.670 bits per heavy atom. The van der Waals surface area contributed by atoms with Crippen LogP contribution in [0, 0.1) is 23.7 Å². The van der Waals surface area contributed by atoms with Crippen molar-refractivity contribution in [3.8, 4) is 0 Å². The van der Waals surface area contributed by atoms with E-state index in [0.717, 1.165) is 114 Å². The predicted molar refractivity (Wildman–Crippen MR) is 437 cm³/mol. The van der Waals surface area contributed by atoms with E-state index in [1.165, 1.54) is 250 Å². The summed E-state index contributed by atoms with van der Waals surface area (Å²) in [6.07, 6.45) is 65.5. The van der Waals surface area contributed by atoms with Crippen LogP contribution in [0.1, 0.15) is 453 Å². The minimum atomic E-state index is -4.97. The highest BCUT2D eigenvalue weighted by Crippen LogP contribution is 2.45. The van der Waals surface area contributed by atoms with E-state index < -0.39 is 97.5 Å². The zero-order chi connectivity index (χ0) is 78.1. The first-order chi connectivity index (χ1) is 51.2. The minimum Gasteiger partial charge on any atom is -0.462 e. The molecule has 0 spiro atoms. The van der Waals surface area contributed by atoms with E-state index >= 15 is 0 Å².